The summed E-state index contributed by atoms with van der Waals surface area (Å²) >= 11 is 0. The van der Waals surface area contributed by atoms with E-state index in [1.54, 1.807) is 4.90 Å². The molecule has 1 fully saturated rings. The number of benzene rings is 2. The quantitative estimate of drug-likeness (QED) is 0.754. The van der Waals surface area contributed by atoms with Gasteiger partial charge in [0.2, 0.25) is 5.91 Å². The lowest BCUT2D eigenvalue weighted by Crippen LogP contribution is -2.30. The van der Waals surface area contributed by atoms with Gasteiger partial charge in [-0.3, -0.25) is 9.59 Å². The summed E-state index contributed by atoms with van der Waals surface area (Å²) in [6, 6.07) is 15.8. The van der Waals surface area contributed by atoms with Crippen LogP contribution in [-0.4, -0.2) is 40.8 Å². The number of carbonyl (C=O) groups excluding carboxylic acids is 2. The molecule has 0 saturated carbocycles. The summed E-state index contributed by atoms with van der Waals surface area (Å²) in [5.41, 5.74) is 3.95. The Morgan fingerprint density at radius 3 is 2.64 bits per heavy atom. The third kappa shape index (κ3) is 3.85. The molecular formula is C23H24N2O3. The van der Waals surface area contributed by atoms with Crippen LogP contribution in [0.3, 0.4) is 0 Å². The van der Waals surface area contributed by atoms with Crippen LogP contribution in [0, 0.1) is 0 Å². The zero-order valence-corrected chi connectivity index (χ0v) is 15.8. The molecule has 144 valence electrons. The molecule has 28 heavy (non-hydrogen) atoms. The van der Waals surface area contributed by atoms with Crippen LogP contribution >= 0.6 is 0 Å². The number of hydrogen-bond acceptors (Lipinski definition) is 3. The summed E-state index contributed by atoms with van der Waals surface area (Å²) in [6.07, 6.45) is 2.25. The van der Waals surface area contributed by atoms with E-state index in [0.29, 0.717) is 38.3 Å². The highest BCUT2D eigenvalue weighted by molar-refractivity contribution is 5.95. The van der Waals surface area contributed by atoms with Crippen molar-refractivity contribution in [2.24, 2.45) is 0 Å². The van der Waals surface area contributed by atoms with Crippen molar-refractivity contribution in [1.82, 2.24) is 9.80 Å². The van der Waals surface area contributed by atoms with Gasteiger partial charge >= 0.3 is 0 Å². The highest BCUT2D eigenvalue weighted by Crippen LogP contribution is 2.25. The Hall–Kier alpha value is -2.92. The molecule has 0 N–H and O–H groups in total. The molecule has 0 aliphatic carbocycles. The second kappa shape index (κ2) is 7.98. The Balaban J connectivity index is 1.36. The second-order valence-corrected chi connectivity index (χ2v) is 7.34. The highest BCUT2D eigenvalue weighted by atomic mass is 16.5. The number of nitrogens with zero attached hydrogens (tertiary/aromatic N) is 2. The van der Waals surface area contributed by atoms with Gasteiger partial charge in [-0.2, -0.15) is 0 Å². The van der Waals surface area contributed by atoms with Crippen molar-refractivity contribution < 1.29 is 14.3 Å². The van der Waals surface area contributed by atoms with Crippen molar-refractivity contribution in [3.63, 3.8) is 0 Å². The lowest BCUT2D eigenvalue weighted by atomic mass is 10.1. The van der Waals surface area contributed by atoms with Gasteiger partial charge in [0.25, 0.3) is 5.91 Å². The van der Waals surface area contributed by atoms with Gasteiger partial charge in [0.05, 0.1) is 12.7 Å². The maximum atomic E-state index is 12.9. The summed E-state index contributed by atoms with van der Waals surface area (Å²) in [7, 11) is 0. The van der Waals surface area contributed by atoms with Gasteiger partial charge < -0.3 is 14.5 Å². The van der Waals surface area contributed by atoms with Crippen LogP contribution in [0.4, 0.5) is 0 Å². The minimum atomic E-state index is -0.0815. The van der Waals surface area contributed by atoms with E-state index in [4.69, 9.17) is 4.74 Å². The number of carbonyl (C=O) groups is 2. The smallest absolute Gasteiger partial charge is 0.253 e. The van der Waals surface area contributed by atoms with Crippen LogP contribution < -0.4 is 0 Å². The van der Waals surface area contributed by atoms with Gasteiger partial charge in [-0.15, -0.1) is 0 Å². The van der Waals surface area contributed by atoms with E-state index in [0.717, 1.165) is 23.1 Å². The van der Waals surface area contributed by atoms with Crippen molar-refractivity contribution in [3.05, 3.63) is 83.4 Å². The first kappa shape index (κ1) is 18.4. The molecule has 2 heterocycles. The zero-order valence-electron chi connectivity index (χ0n) is 15.8. The van der Waals surface area contributed by atoms with Crippen molar-refractivity contribution in [2.45, 2.75) is 32.2 Å². The van der Waals surface area contributed by atoms with E-state index in [2.05, 4.69) is 6.58 Å². The minimum absolute atomic E-state index is 0.0297. The zero-order chi connectivity index (χ0) is 19.5. The molecule has 1 saturated heterocycles. The van der Waals surface area contributed by atoms with Crippen molar-refractivity contribution >= 4 is 11.8 Å². The highest BCUT2D eigenvalue weighted by Gasteiger charge is 2.29. The summed E-state index contributed by atoms with van der Waals surface area (Å²) in [5, 5.41) is 0. The Labute approximate surface area is 165 Å². The van der Waals surface area contributed by atoms with Gasteiger partial charge in [0.1, 0.15) is 0 Å². The second-order valence-electron chi connectivity index (χ2n) is 7.34. The van der Waals surface area contributed by atoms with Crippen LogP contribution in [0.15, 0.2) is 61.2 Å². The van der Waals surface area contributed by atoms with Gasteiger partial charge in [-0.05, 0) is 41.3 Å². The SMILES string of the molecule is C=CC(=O)N1Cc2ccc(C(=O)N3CC[C@H](OCc4ccccc4)C3)cc2C1. The van der Waals surface area contributed by atoms with E-state index in [9.17, 15) is 9.59 Å². The Morgan fingerprint density at radius 1 is 1.07 bits per heavy atom. The number of hydrogen-bond donors (Lipinski definition) is 0. The number of fused-ring (bicyclic) bond motifs is 1. The number of amides is 2. The predicted molar refractivity (Wildman–Crippen MR) is 106 cm³/mol. The van der Waals surface area contributed by atoms with Crippen LogP contribution in [0.5, 0.6) is 0 Å². The number of likely N-dealkylation sites (tertiary alicyclic amines) is 1. The molecule has 0 bridgehead atoms. The molecule has 4 rings (SSSR count). The standard InChI is InChI=1S/C23H24N2O3/c1-2-22(26)25-13-19-9-8-18(12-20(19)14-25)23(27)24-11-10-21(15-24)28-16-17-6-4-3-5-7-17/h2-9,12,21H,1,10-11,13-16H2/t21-/m0/s1. The molecule has 5 nitrogen and oxygen atoms in total. The molecule has 0 spiro atoms. The molecular weight excluding hydrogens is 352 g/mol. The topological polar surface area (TPSA) is 49.9 Å². The molecule has 2 aliphatic heterocycles. The molecule has 0 radical (unpaired) electrons. The van der Waals surface area contributed by atoms with E-state index < -0.39 is 0 Å². The van der Waals surface area contributed by atoms with Crippen molar-refractivity contribution in [3.8, 4) is 0 Å². The maximum absolute atomic E-state index is 12.9. The average Bonchev–Trinajstić information content (AvgIpc) is 3.38. The first-order chi connectivity index (χ1) is 13.6. The summed E-state index contributed by atoms with van der Waals surface area (Å²) < 4.78 is 5.98. The maximum Gasteiger partial charge on any atom is 0.253 e. The lowest BCUT2D eigenvalue weighted by molar-refractivity contribution is -0.126. The third-order valence-electron chi connectivity index (χ3n) is 5.42. The van der Waals surface area contributed by atoms with Crippen LogP contribution in [0.2, 0.25) is 0 Å². The number of ether oxygens (including phenoxy) is 1. The normalized spacial score (nSPS) is 18.2. The first-order valence-corrected chi connectivity index (χ1v) is 9.62. The van der Waals surface area contributed by atoms with Gasteiger partial charge in [-0.1, -0.05) is 43.0 Å². The van der Waals surface area contributed by atoms with E-state index in [-0.39, 0.29) is 17.9 Å². The fourth-order valence-corrected chi connectivity index (χ4v) is 3.83. The Kier molecular flexibility index (Phi) is 5.26. The average molecular weight is 376 g/mol. The molecule has 5 heteroatoms. The van der Waals surface area contributed by atoms with E-state index >= 15 is 0 Å². The van der Waals surface area contributed by atoms with E-state index in [1.165, 1.54) is 6.08 Å². The summed E-state index contributed by atoms with van der Waals surface area (Å²) in [6.45, 7) is 6.54. The monoisotopic (exact) mass is 376 g/mol. The van der Waals surface area contributed by atoms with Crippen molar-refractivity contribution in [1.29, 1.82) is 0 Å². The molecule has 0 aromatic heterocycles. The fourth-order valence-electron chi connectivity index (χ4n) is 3.83. The third-order valence-corrected chi connectivity index (χ3v) is 5.42. The largest absolute Gasteiger partial charge is 0.372 e. The number of rotatable bonds is 5. The molecule has 2 aromatic carbocycles. The molecule has 0 unspecified atom stereocenters. The minimum Gasteiger partial charge on any atom is -0.372 e. The lowest BCUT2D eigenvalue weighted by Gasteiger charge is -2.17. The predicted octanol–water partition coefficient (Wildman–Crippen LogP) is 3.15. The molecule has 2 aliphatic rings. The first-order valence-electron chi connectivity index (χ1n) is 9.62. The van der Waals surface area contributed by atoms with Gasteiger partial charge in [-0.25, -0.2) is 0 Å². The molecule has 2 aromatic rings. The molecule has 1 atom stereocenters. The Morgan fingerprint density at radius 2 is 1.86 bits per heavy atom. The van der Waals surface area contributed by atoms with Crippen LogP contribution in [0.25, 0.3) is 0 Å². The van der Waals surface area contributed by atoms with Crippen molar-refractivity contribution in [2.75, 3.05) is 13.1 Å². The fraction of sp³-hybridized carbons (Fsp3) is 0.304. The van der Waals surface area contributed by atoms with Gasteiger partial charge in [0.15, 0.2) is 0 Å². The van der Waals surface area contributed by atoms with Crippen LogP contribution in [0.1, 0.15) is 33.5 Å². The molecule has 2 amide bonds. The van der Waals surface area contributed by atoms with E-state index in [1.807, 2.05) is 53.4 Å². The summed E-state index contributed by atoms with van der Waals surface area (Å²) in [5.74, 6) is -0.0517. The van der Waals surface area contributed by atoms with Gasteiger partial charge in [0, 0.05) is 31.7 Å². The van der Waals surface area contributed by atoms with Crippen LogP contribution in [-0.2, 0) is 29.2 Å². The summed E-state index contributed by atoms with van der Waals surface area (Å²) in [4.78, 5) is 28.3. The Bertz CT molecular complexity index is 894.